The number of hydrazone groups is 1. The van der Waals surface area contributed by atoms with E-state index in [1.807, 2.05) is 0 Å². The predicted molar refractivity (Wildman–Crippen MR) is 118 cm³/mol. The van der Waals surface area contributed by atoms with Gasteiger partial charge in [-0.25, -0.2) is 0 Å². The molecule has 3 fully saturated rings. The molecule has 0 unspecified atom stereocenters. The number of amides is 2. The first kappa shape index (κ1) is 19.8. The third kappa shape index (κ3) is 3.25. The molecule has 0 aromatic heterocycles. The molecule has 2 aromatic rings. The van der Waals surface area contributed by atoms with Crippen molar-refractivity contribution in [3.05, 3.63) is 81.9 Å². The monoisotopic (exact) mass is 443 g/mol. The number of allylic oxidation sites excluding steroid dienone is 2. The van der Waals surface area contributed by atoms with Crippen molar-refractivity contribution in [1.82, 2.24) is 5.01 Å². The molecule has 6 atom stereocenters. The summed E-state index contributed by atoms with van der Waals surface area (Å²) >= 11 is 0. The van der Waals surface area contributed by atoms with Crippen LogP contribution >= 0.6 is 0 Å². The first-order valence-corrected chi connectivity index (χ1v) is 11.1. The number of hydrogen-bond acceptors (Lipinski definition) is 6. The second-order valence-corrected chi connectivity index (χ2v) is 9.17. The van der Waals surface area contributed by atoms with Crippen LogP contribution in [0, 0.1) is 45.6 Å². The highest BCUT2D eigenvalue weighted by Crippen LogP contribution is 2.65. The molecule has 2 aromatic carbocycles. The largest absolute Gasteiger partial charge is 0.489 e. The van der Waals surface area contributed by atoms with Gasteiger partial charge in [0.2, 0.25) is 0 Å². The molecule has 8 heteroatoms. The summed E-state index contributed by atoms with van der Waals surface area (Å²) in [5, 5.41) is 16.1. The molecular weight excluding hydrogens is 422 g/mol. The third-order valence-corrected chi connectivity index (χ3v) is 7.39. The van der Waals surface area contributed by atoms with Crippen molar-refractivity contribution < 1.29 is 19.2 Å². The van der Waals surface area contributed by atoms with E-state index in [1.54, 1.807) is 36.4 Å². The molecule has 8 nitrogen and oxygen atoms in total. The number of nitro groups is 1. The summed E-state index contributed by atoms with van der Waals surface area (Å²) in [6.07, 6.45) is 6.96. The maximum Gasteiger partial charge on any atom is 0.269 e. The molecule has 7 rings (SSSR count). The van der Waals surface area contributed by atoms with E-state index in [0.29, 0.717) is 17.6 Å². The van der Waals surface area contributed by atoms with Gasteiger partial charge in [0, 0.05) is 12.1 Å². The fourth-order valence-corrected chi connectivity index (χ4v) is 5.71. The van der Waals surface area contributed by atoms with Gasteiger partial charge in [0.25, 0.3) is 17.5 Å². The molecule has 1 heterocycles. The Morgan fingerprint density at radius 2 is 1.58 bits per heavy atom. The van der Waals surface area contributed by atoms with Crippen LogP contribution in [0.4, 0.5) is 5.69 Å². The summed E-state index contributed by atoms with van der Waals surface area (Å²) in [6.45, 7) is 0.281. The average molecular weight is 443 g/mol. The second-order valence-electron chi connectivity index (χ2n) is 9.17. The number of benzene rings is 2. The van der Waals surface area contributed by atoms with E-state index in [4.69, 9.17) is 4.74 Å². The molecule has 166 valence electrons. The number of rotatable bonds is 6. The molecule has 0 N–H and O–H groups in total. The van der Waals surface area contributed by atoms with Gasteiger partial charge < -0.3 is 4.74 Å². The van der Waals surface area contributed by atoms with Gasteiger partial charge in [0.1, 0.15) is 12.4 Å². The molecule has 5 aliphatic rings. The molecule has 2 saturated carbocycles. The van der Waals surface area contributed by atoms with E-state index in [-0.39, 0.29) is 47.8 Å². The number of non-ortho nitro benzene ring substituents is 1. The smallest absolute Gasteiger partial charge is 0.269 e. The summed E-state index contributed by atoms with van der Waals surface area (Å²) < 4.78 is 5.73. The minimum atomic E-state index is -0.439. The van der Waals surface area contributed by atoms with Gasteiger partial charge in [0.05, 0.1) is 23.0 Å². The lowest BCUT2D eigenvalue weighted by atomic mass is 9.63. The van der Waals surface area contributed by atoms with Crippen molar-refractivity contribution in [3.8, 4) is 5.75 Å². The van der Waals surface area contributed by atoms with Crippen LogP contribution in [0.15, 0.2) is 65.8 Å². The lowest BCUT2D eigenvalue weighted by Crippen LogP contribution is -2.40. The average Bonchev–Trinajstić information content (AvgIpc) is 3.62. The number of hydrogen-bond donors (Lipinski definition) is 0. The number of imide groups is 1. The predicted octanol–water partition coefficient (Wildman–Crippen LogP) is 3.56. The lowest BCUT2D eigenvalue weighted by Gasteiger charge is -2.37. The fourth-order valence-electron chi connectivity index (χ4n) is 5.71. The summed E-state index contributed by atoms with van der Waals surface area (Å²) in [5.74, 6) is 1.31. The summed E-state index contributed by atoms with van der Waals surface area (Å²) in [6, 6.07) is 13.4. The number of ether oxygens (including phenoxy) is 1. The van der Waals surface area contributed by atoms with Crippen LogP contribution in [-0.4, -0.2) is 28.0 Å². The first-order chi connectivity index (χ1) is 16.0. The van der Waals surface area contributed by atoms with Crippen LogP contribution in [0.5, 0.6) is 5.75 Å². The van der Waals surface area contributed by atoms with E-state index in [2.05, 4.69) is 17.3 Å². The van der Waals surface area contributed by atoms with E-state index < -0.39 is 4.92 Å². The Kier molecular flexibility index (Phi) is 4.43. The van der Waals surface area contributed by atoms with Gasteiger partial charge >= 0.3 is 0 Å². The Balaban J connectivity index is 1.09. The normalized spacial score (nSPS) is 31.1. The zero-order chi connectivity index (χ0) is 22.7. The molecule has 2 amide bonds. The highest BCUT2D eigenvalue weighted by molar-refractivity contribution is 6.06. The van der Waals surface area contributed by atoms with Crippen molar-refractivity contribution in [2.75, 3.05) is 0 Å². The van der Waals surface area contributed by atoms with Gasteiger partial charge in [-0.15, -0.1) is 0 Å². The van der Waals surface area contributed by atoms with Gasteiger partial charge in [-0.1, -0.05) is 12.2 Å². The molecular formula is C25H21N3O5. The lowest BCUT2D eigenvalue weighted by molar-refractivity contribution is -0.384. The topological polar surface area (TPSA) is 102 Å². The van der Waals surface area contributed by atoms with Gasteiger partial charge in [0.15, 0.2) is 0 Å². The van der Waals surface area contributed by atoms with Crippen LogP contribution in [0.1, 0.15) is 17.5 Å². The molecule has 0 spiro atoms. The number of nitrogens with zero attached hydrogens (tertiary/aromatic N) is 3. The van der Waals surface area contributed by atoms with Gasteiger partial charge in [-0.3, -0.25) is 19.7 Å². The zero-order valence-electron chi connectivity index (χ0n) is 17.6. The quantitative estimate of drug-likeness (QED) is 0.223. The number of carbonyl (C=O) groups excluding carboxylic acids is 2. The van der Waals surface area contributed by atoms with E-state index in [0.717, 1.165) is 22.6 Å². The van der Waals surface area contributed by atoms with Crippen molar-refractivity contribution >= 4 is 23.7 Å². The van der Waals surface area contributed by atoms with Crippen molar-refractivity contribution in [3.63, 3.8) is 0 Å². The molecule has 1 saturated heterocycles. The maximum absolute atomic E-state index is 13.0. The summed E-state index contributed by atoms with van der Waals surface area (Å²) in [7, 11) is 0. The Morgan fingerprint density at radius 1 is 0.970 bits per heavy atom. The van der Waals surface area contributed by atoms with Crippen LogP contribution in [0.25, 0.3) is 0 Å². The van der Waals surface area contributed by atoms with Crippen molar-refractivity contribution in [2.45, 2.75) is 13.0 Å². The molecule has 0 radical (unpaired) electrons. The van der Waals surface area contributed by atoms with E-state index in [1.165, 1.54) is 18.3 Å². The minimum Gasteiger partial charge on any atom is -0.489 e. The Labute approximate surface area is 189 Å². The van der Waals surface area contributed by atoms with Gasteiger partial charge in [-0.05, 0) is 77.6 Å². The summed E-state index contributed by atoms with van der Waals surface area (Å²) in [5.41, 5.74) is 1.61. The van der Waals surface area contributed by atoms with Crippen molar-refractivity contribution in [1.29, 1.82) is 0 Å². The highest BCUT2D eigenvalue weighted by Gasteiger charge is 2.67. The first-order valence-electron chi connectivity index (χ1n) is 11.1. The second kappa shape index (κ2) is 7.37. The van der Waals surface area contributed by atoms with E-state index in [9.17, 15) is 19.7 Å². The molecule has 4 aliphatic carbocycles. The Morgan fingerprint density at radius 3 is 2.15 bits per heavy atom. The standard InChI is InChI=1S/C25H21N3O5/c29-24-22-18-9-10-19(21-11-20(18)21)23(22)25(30)27(24)26-12-14-3-7-17(8-4-14)33-13-15-1-5-16(6-2-15)28(31)32/h1-10,12,18-23H,11,13H2/t18-,19-,20-,21+,22+,23+/m0/s1. The number of carbonyl (C=O) groups is 2. The third-order valence-electron chi connectivity index (χ3n) is 7.39. The van der Waals surface area contributed by atoms with Crippen LogP contribution in [-0.2, 0) is 16.2 Å². The highest BCUT2D eigenvalue weighted by atomic mass is 16.6. The fraction of sp³-hybridized carbons (Fsp3) is 0.320. The zero-order valence-corrected chi connectivity index (χ0v) is 17.6. The Hall–Kier alpha value is -3.81. The molecule has 33 heavy (non-hydrogen) atoms. The van der Waals surface area contributed by atoms with Crippen LogP contribution in [0.3, 0.4) is 0 Å². The number of nitro benzene ring substituents is 1. The van der Waals surface area contributed by atoms with Crippen LogP contribution < -0.4 is 4.74 Å². The SMILES string of the molecule is O=C1[C@@H]2[C@H]3C=C[C@@H]([C@@H]4C[C@H]34)[C@H]2C(=O)N1N=Cc1ccc(OCc2ccc([N+](=O)[O-])cc2)cc1. The maximum atomic E-state index is 13.0. The molecule has 1 aliphatic heterocycles. The molecule has 2 bridgehead atoms. The van der Waals surface area contributed by atoms with Gasteiger partial charge in [-0.2, -0.15) is 10.1 Å². The van der Waals surface area contributed by atoms with Crippen LogP contribution in [0.2, 0.25) is 0 Å². The Bertz CT molecular complexity index is 1170. The van der Waals surface area contributed by atoms with E-state index >= 15 is 0 Å². The minimum absolute atomic E-state index is 0.0392. The summed E-state index contributed by atoms with van der Waals surface area (Å²) in [4.78, 5) is 36.2. The van der Waals surface area contributed by atoms with Crippen molar-refractivity contribution in [2.24, 2.45) is 40.6 Å².